The molecule has 0 aliphatic rings. The van der Waals surface area contributed by atoms with Crippen molar-refractivity contribution in [1.82, 2.24) is 5.32 Å². The Morgan fingerprint density at radius 2 is 1.69 bits per heavy atom. The van der Waals surface area contributed by atoms with Crippen LogP contribution >= 0.6 is 0 Å². The molecule has 11 nitrogen and oxygen atoms in total. The van der Waals surface area contributed by atoms with E-state index in [-0.39, 0.29) is 50.9 Å². The van der Waals surface area contributed by atoms with Gasteiger partial charge in [0.2, 0.25) is 5.91 Å². The fourth-order valence-corrected chi connectivity index (χ4v) is 2.94. The summed E-state index contributed by atoms with van der Waals surface area (Å²) in [5, 5.41) is 12.6. The first-order chi connectivity index (χ1) is 13.4. The minimum atomic E-state index is -3.88. The Labute approximate surface area is 171 Å². The van der Waals surface area contributed by atoms with Gasteiger partial charge in [-0.3, -0.25) is 8.98 Å². The van der Waals surface area contributed by atoms with Crippen LogP contribution in [0.2, 0.25) is 0 Å². The van der Waals surface area contributed by atoms with Gasteiger partial charge >= 0.3 is 12.1 Å². The summed E-state index contributed by atoms with van der Waals surface area (Å²) in [5.74, 6) is -1.53. The van der Waals surface area contributed by atoms with Crippen LogP contribution in [-0.2, 0) is 38.1 Å². The molecule has 0 aliphatic carbocycles. The first-order valence-corrected chi connectivity index (χ1v) is 10.7. The van der Waals surface area contributed by atoms with E-state index in [1.165, 1.54) is 20.8 Å². The van der Waals surface area contributed by atoms with Crippen molar-refractivity contribution in [2.45, 2.75) is 46.6 Å². The Morgan fingerprint density at radius 1 is 1.07 bits per heavy atom. The van der Waals surface area contributed by atoms with E-state index in [1.807, 2.05) is 0 Å². The molecular weight excluding hydrogens is 410 g/mol. The number of aliphatic hydroxyl groups excluding tert-OH is 1. The van der Waals surface area contributed by atoms with Crippen molar-refractivity contribution in [2.75, 3.05) is 38.7 Å². The van der Waals surface area contributed by atoms with Gasteiger partial charge in [-0.05, 0) is 13.3 Å². The second-order valence-electron chi connectivity index (χ2n) is 6.80. The lowest BCUT2D eigenvalue weighted by atomic mass is 9.88. The quantitative estimate of drug-likeness (QED) is 0.219. The molecule has 0 fully saturated rings. The van der Waals surface area contributed by atoms with E-state index >= 15 is 0 Å². The van der Waals surface area contributed by atoms with Gasteiger partial charge in [-0.15, -0.1) is 0 Å². The summed E-state index contributed by atoms with van der Waals surface area (Å²) in [5.41, 5.74) is -1.23. The van der Waals surface area contributed by atoms with Gasteiger partial charge in [0.05, 0.1) is 32.2 Å². The Balaban J connectivity index is 4.27. The number of amides is 1. The summed E-state index contributed by atoms with van der Waals surface area (Å²) in [6.45, 7) is 5.68. The molecule has 29 heavy (non-hydrogen) atoms. The molecule has 0 radical (unpaired) electrons. The molecule has 0 saturated heterocycles. The molecule has 0 spiro atoms. The fourth-order valence-electron chi connectivity index (χ4n) is 1.84. The van der Waals surface area contributed by atoms with E-state index in [1.54, 1.807) is 6.92 Å². The van der Waals surface area contributed by atoms with Crippen molar-refractivity contribution in [3.05, 3.63) is 0 Å². The second-order valence-corrected chi connectivity index (χ2v) is 8.56. The van der Waals surface area contributed by atoms with Crippen LogP contribution in [0.25, 0.3) is 0 Å². The highest BCUT2D eigenvalue weighted by molar-refractivity contribution is 7.86. The number of hydrogen-bond acceptors (Lipinski definition) is 10. The summed E-state index contributed by atoms with van der Waals surface area (Å²) in [6.07, 6.45) is -2.07. The normalized spacial score (nSPS) is 12.7. The third-order valence-electron chi connectivity index (χ3n) is 3.53. The third-order valence-corrected chi connectivity index (χ3v) is 4.80. The zero-order chi connectivity index (χ0) is 22.5. The molecule has 0 aromatic carbocycles. The van der Waals surface area contributed by atoms with Gasteiger partial charge in [0.15, 0.2) is 6.10 Å². The van der Waals surface area contributed by atoms with E-state index in [0.29, 0.717) is 0 Å². The number of aliphatic hydroxyl groups is 1. The maximum absolute atomic E-state index is 11.9. The number of hydrogen-bond donors (Lipinski definition) is 2. The number of carbonyl (C=O) groups excluding carboxylic acids is 3. The molecule has 0 aromatic rings. The Bertz CT molecular complexity index is 632. The SMILES string of the molecule is CCOC(=O)OCCCOC(=O)[C@H](O)C(C)(C)COS(=O)(=O)CCCNC(C)=O. The van der Waals surface area contributed by atoms with Crippen LogP contribution in [0.1, 0.15) is 40.5 Å². The van der Waals surface area contributed by atoms with Crippen molar-refractivity contribution < 1.29 is 46.3 Å². The fraction of sp³-hybridized carbons (Fsp3) is 0.824. The van der Waals surface area contributed by atoms with Crippen LogP contribution in [0.15, 0.2) is 0 Å². The first kappa shape index (κ1) is 27.1. The Morgan fingerprint density at radius 3 is 2.28 bits per heavy atom. The van der Waals surface area contributed by atoms with E-state index < -0.39 is 40.4 Å². The number of rotatable bonds is 14. The van der Waals surface area contributed by atoms with Gasteiger partial charge in [0.1, 0.15) is 0 Å². The molecule has 1 atom stereocenters. The smallest absolute Gasteiger partial charge is 0.464 e. The Kier molecular flexibility index (Phi) is 12.4. The van der Waals surface area contributed by atoms with Crippen LogP contribution in [0.5, 0.6) is 0 Å². The molecular formula is C17H31NO10S. The van der Waals surface area contributed by atoms with E-state index in [2.05, 4.69) is 10.1 Å². The minimum absolute atomic E-state index is 0.0224. The monoisotopic (exact) mass is 441 g/mol. The van der Waals surface area contributed by atoms with Gasteiger partial charge in [0, 0.05) is 25.3 Å². The highest BCUT2D eigenvalue weighted by Gasteiger charge is 2.36. The topological polar surface area (TPSA) is 155 Å². The largest absolute Gasteiger partial charge is 0.508 e. The molecule has 0 saturated carbocycles. The summed E-state index contributed by atoms with van der Waals surface area (Å²) < 4.78 is 42.8. The van der Waals surface area contributed by atoms with Crippen LogP contribution in [0.3, 0.4) is 0 Å². The van der Waals surface area contributed by atoms with E-state index in [0.717, 1.165) is 0 Å². The molecule has 0 rings (SSSR count). The van der Waals surface area contributed by atoms with Gasteiger partial charge < -0.3 is 24.6 Å². The van der Waals surface area contributed by atoms with Crippen molar-refractivity contribution in [3.63, 3.8) is 0 Å². The molecule has 1 amide bonds. The first-order valence-electron chi connectivity index (χ1n) is 9.17. The molecule has 0 aliphatic heterocycles. The standard InChI is InChI=1S/C17H31NO10S/c1-5-25-16(22)27-10-7-9-26-15(21)14(20)17(3,4)12-28-29(23,24)11-6-8-18-13(2)19/h14,20H,5-12H2,1-4H3,(H,18,19)/t14-/m0/s1. The van der Waals surface area contributed by atoms with Crippen LogP contribution in [0.4, 0.5) is 4.79 Å². The van der Waals surface area contributed by atoms with Crippen molar-refractivity contribution in [2.24, 2.45) is 5.41 Å². The molecule has 0 aromatic heterocycles. The third kappa shape index (κ3) is 13.0. The number of carbonyl (C=O) groups is 3. The van der Waals surface area contributed by atoms with Gasteiger partial charge in [-0.1, -0.05) is 13.8 Å². The van der Waals surface area contributed by atoms with E-state index in [9.17, 15) is 27.9 Å². The lowest BCUT2D eigenvalue weighted by Gasteiger charge is -2.28. The van der Waals surface area contributed by atoms with Crippen LogP contribution in [-0.4, -0.2) is 76.4 Å². The highest BCUT2D eigenvalue weighted by Crippen LogP contribution is 2.23. The molecule has 170 valence electrons. The molecule has 0 heterocycles. The minimum Gasteiger partial charge on any atom is -0.464 e. The summed E-state index contributed by atoms with van der Waals surface area (Å²) in [6, 6.07) is 0. The maximum atomic E-state index is 11.9. The maximum Gasteiger partial charge on any atom is 0.508 e. The lowest BCUT2D eigenvalue weighted by molar-refractivity contribution is -0.161. The van der Waals surface area contributed by atoms with Gasteiger partial charge in [0.25, 0.3) is 10.1 Å². The van der Waals surface area contributed by atoms with Crippen LogP contribution in [0, 0.1) is 5.41 Å². The molecule has 12 heteroatoms. The zero-order valence-corrected chi connectivity index (χ0v) is 18.1. The number of ether oxygens (including phenoxy) is 3. The molecule has 0 unspecified atom stereocenters. The van der Waals surface area contributed by atoms with Crippen molar-refractivity contribution in [3.8, 4) is 0 Å². The molecule has 2 N–H and O–H groups in total. The predicted molar refractivity (Wildman–Crippen MR) is 101 cm³/mol. The summed E-state index contributed by atoms with van der Waals surface area (Å²) in [7, 11) is -3.88. The molecule has 0 bridgehead atoms. The van der Waals surface area contributed by atoms with Gasteiger partial charge in [-0.2, -0.15) is 8.42 Å². The summed E-state index contributed by atoms with van der Waals surface area (Å²) >= 11 is 0. The average Bonchev–Trinajstić information content (AvgIpc) is 2.63. The zero-order valence-electron chi connectivity index (χ0n) is 17.3. The Hall–Kier alpha value is -1.92. The van der Waals surface area contributed by atoms with E-state index in [4.69, 9.17) is 13.7 Å². The summed E-state index contributed by atoms with van der Waals surface area (Å²) in [4.78, 5) is 33.7. The van der Waals surface area contributed by atoms with Crippen LogP contribution < -0.4 is 5.32 Å². The highest BCUT2D eigenvalue weighted by atomic mass is 32.2. The average molecular weight is 441 g/mol. The second kappa shape index (κ2) is 13.3. The van der Waals surface area contributed by atoms with Crippen molar-refractivity contribution in [1.29, 1.82) is 0 Å². The van der Waals surface area contributed by atoms with Gasteiger partial charge in [-0.25, -0.2) is 9.59 Å². The van der Waals surface area contributed by atoms with Crippen molar-refractivity contribution >= 4 is 28.1 Å². The predicted octanol–water partition coefficient (Wildman–Crippen LogP) is 0.353. The lowest BCUT2D eigenvalue weighted by Crippen LogP contribution is -2.41. The number of nitrogens with one attached hydrogen (secondary N) is 1. The number of esters is 1.